The van der Waals surface area contributed by atoms with Crippen LogP contribution in [-0.4, -0.2) is 34.4 Å². The molecule has 0 unspecified atom stereocenters. The Morgan fingerprint density at radius 3 is 2.79 bits per heavy atom. The van der Waals surface area contributed by atoms with E-state index in [0.29, 0.717) is 21.4 Å². The summed E-state index contributed by atoms with van der Waals surface area (Å²) in [5, 5.41) is 0.706. The number of imide groups is 1. The Morgan fingerprint density at radius 2 is 2.00 bits per heavy atom. The number of ether oxygens (including phenoxy) is 3. The normalized spacial score (nSPS) is 16.6. The van der Waals surface area contributed by atoms with Gasteiger partial charge in [-0.05, 0) is 42.0 Å². The van der Waals surface area contributed by atoms with Gasteiger partial charge in [0.05, 0.1) is 9.93 Å². The third-order valence-electron chi connectivity index (χ3n) is 3.98. The molecule has 2 aromatic rings. The molecule has 29 heavy (non-hydrogen) atoms. The number of hydrogen-bond donors (Lipinski definition) is 0. The molecule has 2 aliphatic heterocycles. The summed E-state index contributed by atoms with van der Waals surface area (Å²) in [6.45, 7) is -0.238. The Balaban J connectivity index is 1.46. The Bertz CT molecular complexity index is 1070. The van der Waals surface area contributed by atoms with E-state index < -0.39 is 18.4 Å². The van der Waals surface area contributed by atoms with Crippen LogP contribution in [0.1, 0.15) is 5.56 Å². The van der Waals surface area contributed by atoms with Crippen LogP contribution in [0.3, 0.4) is 0 Å². The summed E-state index contributed by atoms with van der Waals surface area (Å²) in [5.74, 6) is 0.424. The molecule has 2 heterocycles. The quantitative estimate of drug-likeness (QED) is 0.483. The first-order valence-electron chi connectivity index (χ1n) is 8.20. The minimum atomic E-state index is -0.590. The topological polar surface area (TPSA) is 65.1 Å². The van der Waals surface area contributed by atoms with Crippen LogP contribution < -0.4 is 14.2 Å². The molecule has 0 radical (unpaired) electrons. The number of carbonyl (C=O) groups is 2. The highest BCUT2D eigenvalue weighted by atomic mass is 35.5. The van der Waals surface area contributed by atoms with E-state index >= 15 is 0 Å². The first-order chi connectivity index (χ1) is 13.9. The van der Waals surface area contributed by atoms with E-state index in [-0.39, 0.29) is 21.9 Å². The van der Waals surface area contributed by atoms with E-state index in [1.54, 1.807) is 36.4 Å². The van der Waals surface area contributed by atoms with Crippen LogP contribution in [0.4, 0.5) is 0 Å². The number of thioether (sulfide) groups is 1. The van der Waals surface area contributed by atoms with Crippen molar-refractivity contribution in [3.63, 3.8) is 0 Å². The van der Waals surface area contributed by atoms with Crippen LogP contribution in [0.25, 0.3) is 6.08 Å². The molecule has 148 valence electrons. The number of carbonyl (C=O) groups excluding carboxylic acids is 2. The standard InChI is InChI=1S/C19H11Cl2NO5S2/c20-11-2-4-13(12(21)7-11)25-8-17(23)22-18(24)16(29-19(22)28)6-10-1-3-14-15(5-10)27-9-26-14/h1-7H,8-9H2. The molecule has 2 aromatic carbocycles. The molecule has 1 saturated heterocycles. The molecule has 0 saturated carbocycles. The third-order valence-corrected chi connectivity index (χ3v) is 5.82. The van der Waals surface area contributed by atoms with Crippen molar-refractivity contribution in [2.24, 2.45) is 0 Å². The largest absolute Gasteiger partial charge is 0.482 e. The number of halogens is 2. The van der Waals surface area contributed by atoms with E-state index in [1.165, 1.54) is 6.07 Å². The van der Waals surface area contributed by atoms with E-state index in [9.17, 15) is 9.59 Å². The highest BCUT2D eigenvalue weighted by Gasteiger charge is 2.37. The van der Waals surface area contributed by atoms with E-state index in [4.69, 9.17) is 49.6 Å². The zero-order chi connectivity index (χ0) is 20.5. The van der Waals surface area contributed by atoms with Crippen molar-refractivity contribution in [3.05, 3.63) is 56.9 Å². The minimum Gasteiger partial charge on any atom is -0.482 e. The summed E-state index contributed by atoms with van der Waals surface area (Å²) in [6, 6.07) is 9.92. The van der Waals surface area contributed by atoms with Crippen LogP contribution >= 0.6 is 47.2 Å². The lowest BCUT2D eigenvalue weighted by atomic mass is 10.2. The van der Waals surface area contributed by atoms with Gasteiger partial charge in [0.15, 0.2) is 22.4 Å². The Morgan fingerprint density at radius 1 is 1.21 bits per heavy atom. The average Bonchev–Trinajstić information content (AvgIpc) is 3.25. The second kappa shape index (κ2) is 8.23. The smallest absolute Gasteiger partial charge is 0.273 e. The Labute approximate surface area is 185 Å². The predicted molar refractivity (Wildman–Crippen MR) is 115 cm³/mol. The Kier molecular flexibility index (Phi) is 5.69. The first-order valence-corrected chi connectivity index (χ1v) is 10.2. The monoisotopic (exact) mass is 467 g/mol. The average molecular weight is 468 g/mol. The zero-order valence-electron chi connectivity index (χ0n) is 14.5. The molecule has 0 spiro atoms. The fourth-order valence-electron chi connectivity index (χ4n) is 2.63. The number of fused-ring (bicyclic) bond motifs is 1. The number of thiocarbonyl (C=S) groups is 1. The molecule has 2 aliphatic rings. The molecule has 6 nitrogen and oxygen atoms in total. The van der Waals surface area contributed by atoms with Gasteiger partial charge >= 0.3 is 0 Å². The molecule has 0 N–H and O–H groups in total. The van der Waals surface area contributed by atoms with Crippen LogP contribution in [0.5, 0.6) is 17.2 Å². The van der Waals surface area contributed by atoms with E-state index in [1.807, 2.05) is 0 Å². The first kappa shape index (κ1) is 20.0. The molecule has 10 heteroatoms. The summed E-state index contributed by atoms with van der Waals surface area (Å²) in [7, 11) is 0. The van der Waals surface area contributed by atoms with Crippen molar-refractivity contribution in [3.8, 4) is 17.2 Å². The molecule has 0 aliphatic carbocycles. The molecule has 0 bridgehead atoms. The van der Waals surface area contributed by atoms with Crippen molar-refractivity contribution in [1.29, 1.82) is 0 Å². The van der Waals surface area contributed by atoms with Crippen LogP contribution in [0.15, 0.2) is 41.3 Å². The fraction of sp³-hybridized carbons (Fsp3) is 0.105. The van der Waals surface area contributed by atoms with Crippen molar-refractivity contribution >= 4 is 69.4 Å². The lowest BCUT2D eigenvalue weighted by molar-refractivity contribution is -0.137. The Hall–Kier alpha value is -2.26. The summed E-state index contributed by atoms with van der Waals surface area (Å²) >= 11 is 18.1. The van der Waals surface area contributed by atoms with Crippen LogP contribution in [0.2, 0.25) is 10.0 Å². The predicted octanol–water partition coefficient (Wildman–Crippen LogP) is 4.53. The van der Waals surface area contributed by atoms with Gasteiger partial charge in [-0.25, -0.2) is 4.90 Å². The van der Waals surface area contributed by atoms with Crippen molar-refractivity contribution in [2.45, 2.75) is 0 Å². The molecular formula is C19H11Cl2NO5S2. The molecule has 1 fully saturated rings. The highest BCUT2D eigenvalue weighted by molar-refractivity contribution is 8.26. The second-order valence-electron chi connectivity index (χ2n) is 5.89. The number of nitrogens with zero attached hydrogens (tertiary/aromatic N) is 1. The lowest BCUT2D eigenvalue weighted by Gasteiger charge is -2.13. The second-order valence-corrected chi connectivity index (χ2v) is 8.41. The van der Waals surface area contributed by atoms with Crippen LogP contribution in [0, 0.1) is 0 Å². The summed E-state index contributed by atoms with van der Waals surface area (Å²) in [5.41, 5.74) is 0.728. The maximum absolute atomic E-state index is 12.7. The van der Waals surface area contributed by atoms with Gasteiger partial charge < -0.3 is 14.2 Å². The van der Waals surface area contributed by atoms with E-state index in [0.717, 1.165) is 22.2 Å². The van der Waals surface area contributed by atoms with Gasteiger partial charge in [-0.2, -0.15) is 0 Å². The van der Waals surface area contributed by atoms with Gasteiger partial charge in [-0.15, -0.1) is 0 Å². The minimum absolute atomic E-state index is 0.137. The maximum Gasteiger partial charge on any atom is 0.273 e. The zero-order valence-corrected chi connectivity index (χ0v) is 17.7. The van der Waals surface area contributed by atoms with Crippen molar-refractivity contribution in [2.75, 3.05) is 13.4 Å². The SMILES string of the molecule is O=C(COc1ccc(Cl)cc1Cl)N1C(=O)C(=Cc2ccc3c(c2)OCO3)SC1=S. The number of amides is 2. The van der Waals surface area contributed by atoms with Gasteiger partial charge in [0, 0.05) is 5.02 Å². The number of rotatable bonds is 4. The van der Waals surface area contributed by atoms with E-state index in [2.05, 4.69) is 0 Å². The molecule has 0 aromatic heterocycles. The van der Waals surface area contributed by atoms with Gasteiger partial charge in [0.25, 0.3) is 11.8 Å². The van der Waals surface area contributed by atoms with Gasteiger partial charge in [-0.1, -0.05) is 53.2 Å². The van der Waals surface area contributed by atoms with Crippen molar-refractivity contribution in [1.82, 2.24) is 4.90 Å². The highest BCUT2D eigenvalue weighted by Crippen LogP contribution is 2.36. The number of hydrogen-bond acceptors (Lipinski definition) is 7. The number of benzene rings is 2. The van der Waals surface area contributed by atoms with Crippen LogP contribution in [-0.2, 0) is 9.59 Å². The molecular weight excluding hydrogens is 457 g/mol. The molecule has 0 atom stereocenters. The summed E-state index contributed by atoms with van der Waals surface area (Å²) in [4.78, 5) is 26.5. The van der Waals surface area contributed by atoms with Gasteiger partial charge in [0.2, 0.25) is 6.79 Å². The lowest BCUT2D eigenvalue weighted by Crippen LogP contribution is -2.38. The third kappa shape index (κ3) is 4.20. The fourth-order valence-corrected chi connectivity index (χ4v) is 4.39. The van der Waals surface area contributed by atoms with Gasteiger partial charge in [-0.3, -0.25) is 9.59 Å². The summed E-state index contributed by atoms with van der Waals surface area (Å²) in [6.07, 6.45) is 1.64. The maximum atomic E-state index is 12.7. The molecule has 4 rings (SSSR count). The van der Waals surface area contributed by atoms with Crippen molar-refractivity contribution < 1.29 is 23.8 Å². The van der Waals surface area contributed by atoms with Gasteiger partial charge in [0.1, 0.15) is 5.75 Å². The molecule has 2 amide bonds. The summed E-state index contributed by atoms with van der Waals surface area (Å²) < 4.78 is 16.2.